The minimum atomic E-state index is -0.245. The number of benzene rings is 1. The number of anilines is 1. The van der Waals surface area contributed by atoms with Crippen LogP contribution in [0, 0.1) is 0 Å². The molecule has 3 rings (SSSR count). The molecule has 0 saturated carbocycles. The molecule has 0 unspecified atom stereocenters. The fourth-order valence-electron chi connectivity index (χ4n) is 2.33. The number of amides is 1. The summed E-state index contributed by atoms with van der Waals surface area (Å²) in [5.41, 5.74) is 1.16. The van der Waals surface area contributed by atoms with Crippen LogP contribution in [0.25, 0.3) is 0 Å². The highest BCUT2D eigenvalue weighted by Crippen LogP contribution is 2.16. The summed E-state index contributed by atoms with van der Waals surface area (Å²) in [5.74, 6) is 2.07. The number of nitrogens with one attached hydrogen (secondary N) is 2. The van der Waals surface area contributed by atoms with Gasteiger partial charge in [-0.3, -0.25) is 4.79 Å². The van der Waals surface area contributed by atoms with Crippen LogP contribution in [0.1, 0.15) is 16.2 Å². The highest BCUT2D eigenvalue weighted by atomic mass is 16.5. The Bertz CT molecular complexity index is 831. The van der Waals surface area contributed by atoms with Gasteiger partial charge in [0.25, 0.3) is 5.91 Å². The van der Waals surface area contributed by atoms with Crippen molar-refractivity contribution in [3.8, 4) is 11.5 Å². The molecule has 2 heterocycles. The number of carbonyl (C=O) groups is 1. The number of aromatic nitrogens is 1. The van der Waals surface area contributed by atoms with E-state index >= 15 is 0 Å². The molecule has 0 aliphatic rings. The van der Waals surface area contributed by atoms with Crippen molar-refractivity contribution < 1.29 is 18.7 Å². The zero-order valence-corrected chi connectivity index (χ0v) is 15.0. The van der Waals surface area contributed by atoms with Crippen molar-refractivity contribution >= 4 is 11.6 Å². The first kappa shape index (κ1) is 18.3. The molecular weight excluding hydrogens is 346 g/mol. The predicted molar refractivity (Wildman–Crippen MR) is 101 cm³/mol. The lowest BCUT2D eigenvalue weighted by atomic mass is 10.3. The molecule has 7 nitrogen and oxygen atoms in total. The van der Waals surface area contributed by atoms with E-state index in [1.54, 1.807) is 31.7 Å². The van der Waals surface area contributed by atoms with Crippen molar-refractivity contribution in [2.24, 2.45) is 0 Å². The number of pyridine rings is 1. The maximum absolute atomic E-state index is 12.1. The monoisotopic (exact) mass is 367 g/mol. The van der Waals surface area contributed by atoms with E-state index in [2.05, 4.69) is 15.6 Å². The van der Waals surface area contributed by atoms with Crippen molar-refractivity contribution in [2.45, 2.75) is 6.54 Å². The standard InChI is InChI=1S/C20H21N3O4/c1-25-16-5-7-17(8-6-16)27-12-10-21-20(24)19-9-4-15(13-23-19)22-14-18-3-2-11-26-18/h2-9,11,13,22H,10,12,14H2,1H3,(H,21,24). The Labute approximate surface area is 157 Å². The summed E-state index contributed by atoms with van der Waals surface area (Å²) in [7, 11) is 1.61. The molecule has 27 heavy (non-hydrogen) atoms. The van der Waals surface area contributed by atoms with Crippen LogP contribution in [-0.4, -0.2) is 31.2 Å². The molecule has 0 saturated heterocycles. The molecular formula is C20H21N3O4. The summed E-state index contributed by atoms with van der Waals surface area (Å²) in [6, 6.07) is 14.5. The average molecular weight is 367 g/mol. The number of hydrogen-bond acceptors (Lipinski definition) is 6. The molecule has 0 radical (unpaired) electrons. The largest absolute Gasteiger partial charge is 0.497 e. The van der Waals surface area contributed by atoms with Gasteiger partial charge < -0.3 is 24.5 Å². The third-order valence-corrected chi connectivity index (χ3v) is 3.76. The van der Waals surface area contributed by atoms with Crippen LogP contribution in [-0.2, 0) is 6.54 Å². The van der Waals surface area contributed by atoms with Crippen molar-refractivity contribution in [1.82, 2.24) is 10.3 Å². The maximum atomic E-state index is 12.1. The fourth-order valence-corrected chi connectivity index (χ4v) is 2.33. The van der Waals surface area contributed by atoms with E-state index in [1.807, 2.05) is 36.4 Å². The highest BCUT2D eigenvalue weighted by molar-refractivity contribution is 5.92. The van der Waals surface area contributed by atoms with Gasteiger partial charge >= 0.3 is 0 Å². The molecule has 0 aliphatic heterocycles. The Morgan fingerprint density at radius 2 is 1.93 bits per heavy atom. The molecule has 140 valence electrons. The molecule has 2 N–H and O–H groups in total. The number of ether oxygens (including phenoxy) is 2. The van der Waals surface area contributed by atoms with Crippen LogP contribution in [0.15, 0.2) is 65.4 Å². The average Bonchev–Trinajstić information content (AvgIpc) is 3.24. The zero-order chi connectivity index (χ0) is 18.9. The van der Waals surface area contributed by atoms with E-state index in [4.69, 9.17) is 13.9 Å². The number of nitrogens with zero attached hydrogens (tertiary/aromatic N) is 1. The first-order valence-corrected chi connectivity index (χ1v) is 8.52. The number of furan rings is 1. The van der Waals surface area contributed by atoms with Gasteiger partial charge in [0.1, 0.15) is 29.6 Å². The van der Waals surface area contributed by atoms with Gasteiger partial charge in [0.15, 0.2) is 0 Å². The van der Waals surface area contributed by atoms with Gasteiger partial charge in [0.2, 0.25) is 0 Å². The first-order chi connectivity index (χ1) is 13.2. The molecule has 0 spiro atoms. The topological polar surface area (TPSA) is 85.6 Å². The zero-order valence-electron chi connectivity index (χ0n) is 15.0. The molecule has 1 aromatic carbocycles. The van der Waals surface area contributed by atoms with Gasteiger partial charge in [-0.2, -0.15) is 0 Å². The van der Waals surface area contributed by atoms with Crippen LogP contribution in [0.5, 0.6) is 11.5 Å². The smallest absolute Gasteiger partial charge is 0.269 e. The lowest BCUT2D eigenvalue weighted by Crippen LogP contribution is -2.28. The number of rotatable bonds is 9. The second-order valence-electron chi connectivity index (χ2n) is 5.64. The summed E-state index contributed by atoms with van der Waals surface area (Å²) in [4.78, 5) is 16.3. The molecule has 1 amide bonds. The third kappa shape index (κ3) is 5.50. The summed E-state index contributed by atoms with van der Waals surface area (Å²) >= 11 is 0. The van der Waals surface area contributed by atoms with Gasteiger partial charge in [-0.05, 0) is 48.5 Å². The third-order valence-electron chi connectivity index (χ3n) is 3.76. The second-order valence-corrected chi connectivity index (χ2v) is 5.64. The SMILES string of the molecule is COc1ccc(OCCNC(=O)c2ccc(NCc3ccco3)cn2)cc1. The van der Waals surface area contributed by atoms with Crippen molar-refractivity contribution in [3.05, 3.63) is 72.4 Å². The van der Waals surface area contributed by atoms with Gasteiger partial charge in [-0.25, -0.2) is 4.98 Å². The van der Waals surface area contributed by atoms with Crippen LogP contribution in [0.2, 0.25) is 0 Å². The quantitative estimate of drug-likeness (QED) is 0.565. The molecule has 0 fully saturated rings. The van der Waals surface area contributed by atoms with E-state index in [-0.39, 0.29) is 5.91 Å². The molecule has 0 aliphatic carbocycles. The Kier molecular flexibility index (Phi) is 6.30. The van der Waals surface area contributed by atoms with Crippen molar-refractivity contribution in [1.29, 1.82) is 0 Å². The van der Waals surface area contributed by atoms with Gasteiger partial charge in [0, 0.05) is 0 Å². The van der Waals surface area contributed by atoms with E-state index in [0.29, 0.717) is 25.4 Å². The molecule has 7 heteroatoms. The summed E-state index contributed by atoms with van der Waals surface area (Å²) < 4.78 is 15.9. The van der Waals surface area contributed by atoms with Gasteiger partial charge in [0.05, 0.1) is 38.3 Å². The number of methoxy groups -OCH3 is 1. The van der Waals surface area contributed by atoms with Crippen LogP contribution >= 0.6 is 0 Å². The van der Waals surface area contributed by atoms with E-state index in [9.17, 15) is 4.79 Å². The number of carbonyl (C=O) groups excluding carboxylic acids is 1. The maximum Gasteiger partial charge on any atom is 0.269 e. The minimum Gasteiger partial charge on any atom is -0.497 e. The van der Waals surface area contributed by atoms with Crippen LogP contribution in [0.3, 0.4) is 0 Å². The summed E-state index contributed by atoms with van der Waals surface area (Å²) in [5, 5.41) is 5.95. The molecule has 0 bridgehead atoms. The number of hydrogen-bond donors (Lipinski definition) is 2. The Hall–Kier alpha value is -3.48. The van der Waals surface area contributed by atoms with Crippen molar-refractivity contribution in [2.75, 3.05) is 25.6 Å². The minimum absolute atomic E-state index is 0.245. The van der Waals surface area contributed by atoms with E-state index < -0.39 is 0 Å². The lowest BCUT2D eigenvalue weighted by molar-refractivity contribution is 0.0942. The highest BCUT2D eigenvalue weighted by Gasteiger charge is 2.07. The van der Waals surface area contributed by atoms with Crippen molar-refractivity contribution in [3.63, 3.8) is 0 Å². The van der Waals surface area contributed by atoms with Crippen LogP contribution in [0.4, 0.5) is 5.69 Å². The normalized spacial score (nSPS) is 10.3. The fraction of sp³-hybridized carbons (Fsp3) is 0.200. The Balaban J connectivity index is 1.39. The van der Waals surface area contributed by atoms with Crippen LogP contribution < -0.4 is 20.1 Å². The molecule has 3 aromatic rings. The van der Waals surface area contributed by atoms with Gasteiger partial charge in [-0.1, -0.05) is 0 Å². The van der Waals surface area contributed by atoms with Gasteiger partial charge in [-0.15, -0.1) is 0 Å². The Morgan fingerprint density at radius 3 is 2.59 bits per heavy atom. The summed E-state index contributed by atoms with van der Waals surface area (Å²) in [6.45, 7) is 1.30. The molecule has 0 atom stereocenters. The Morgan fingerprint density at radius 1 is 1.11 bits per heavy atom. The first-order valence-electron chi connectivity index (χ1n) is 8.52. The molecule has 2 aromatic heterocycles. The van der Waals surface area contributed by atoms with E-state index in [1.165, 1.54) is 0 Å². The van der Waals surface area contributed by atoms with E-state index in [0.717, 1.165) is 22.9 Å². The lowest BCUT2D eigenvalue weighted by Gasteiger charge is -2.09. The predicted octanol–water partition coefficient (Wildman–Crippen LogP) is 3.10. The summed E-state index contributed by atoms with van der Waals surface area (Å²) in [6.07, 6.45) is 3.24. The second kappa shape index (κ2) is 9.28.